The Morgan fingerprint density at radius 1 is 0.935 bits per heavy atom. The van der Waals surface area contributed by atoms with Gasteiger partial charge in [-0.1, -0.05) is 30.3 Å². The second-order valence-corrected chi connectivity index (χ2v) is 7.08. The van der Waals surface area contributed by atoms with Crippen LogP contribution in [0.5, 0.6) is 5.75 Å². The molecule has 0 atom stereocenters. The molecule has 7 nitrogen and oxygen atoms in total. The third-order valence-electron chi connectivity index (χ3n) is 5.17. The van der Waals surface area contributed by atoms with Gasteiger partial charge in [-0.3, -0.25) is 18.7 Å². The molecule has 0 saturated carbocycles. The van der Waals surface area contributed by atoms with Gasteiger partial charge in [0.25, 0.3) is 5.56 Å². The maximum atomic E-state index is 13.2. The van der Waals surface area contributed by atoms with Crippen LogP contribution in [0.1, 0.15) is 15.9 Å². The number of ketones is 1. The van der Waals surface area contributed by atoms with Crippen molar-refractivity contribution >= 4 is 16.8 Å². The molecule has 4 rings (SSSR count). The molecule has 2 aromatic heterocycles. The summed E-state index contributed by atoms with van der Waals surface area (Å²) < 4.78 is 7.60. The molecule has 0 unspecified atom stereocenters. The number of benzene rings is 2. The van der Waals surface area contributed by atoms with Crippen LogP contribution >= 0.6 is 0 Å². The number of aryl methyl sites for hydroxylation is 1. The molecule has 0 aliphatic heterocycles. The predicted molar refractivity (Wildman–Crippen MR) is 118 cm³/mol. The number of nitrogens with zero attached hydrogens (tertiary/aromatic N) is 3. The first-order valence-electron chi connectivity index (χ1n) is 9.88. The molecule has 0 spiro atoms. The monoisotopic (exact) mass is 415 g/mol. The van der Waals surface area contributed by atoms with E-state index in [1.165, 1.54) is 10.8 Å². The van der Waals surface area contributed by atoms with E-state index in [0.29, 0.717) is 23.3 Å². The molecule has 0 fully saturated rings. The van der Waals surface area contributed by atoms with Gasteiger partial charge in [0.2, 0.25) is 0 Å². The lowest BCUT2D eigenvalue weighted by molar-refractivity contribution is 0.0971. The van der Waals surface area contributed by atoms with Gasteiger partial charge in [-0.15, -0.1) is 0 Å². The van der Waals surface area contributed by atoms with Crippen LogP contribution in [0.25, 0.3) is 11.0 Å². The Balaban J connectivity index is 1.74. The zero-order valence-electron chi connectivity index (χ0n) is 17.0. The van der Waals surface area contributed by atoms with E-state index in [-0.39, 0.29) is 24.4 Å². The van der Waals surface area contributed by atoms with Crippen molar-refractivity contribution in [2.45, 2.75) is 19.5 Å². The smallest absolute Gasteiger partial charge is 0.332 e. The van der Waals surface area contributed by atoms with Crippen molar-refractivity contribution in [3.63, 3.8) is 0 Å². The molecule has 0 aliphatic carbocycles. The van der Waals surface area contributed by atoms with E-state index in [2.05, 4.69) is 4.98 Å². The second-order valence-electron chi connectivity index (χ2n) is 7.08. The van der Waals surface area contributed by atoms with Crippen molar-refractivity contribution in [2.24, 2.45) is 0 Å². The summed E-state index contributed by atoms with van der Waals surface area (Å²) >= 11 is 0. The number of ether oxygens (including phenoxy) is 1. The highest BCUT2D eigenvalue weighted by Gasteiger charge is 2.17. The molecular weight excluding hydrogens is 394 g/mol. The lowest BCUT2D eigenvalue weighted by atomic mass is 10.1. The number of rotatable bonds is 7. The summed E-state index contributed by atoms with van der Waals surface area (Å²) in [6.07, 6.45) is 2.02. The van der Waals surface area contributed by atoms with Gasteiger partial charge in [-0.25, -0.2) is 9.78 Å². The molecule has 31 heavy (non-hydrogen) atoms. The summed E-state index contributed by atoms with van der Waals surface area (Å²) in [6.45, 7) is 0.00386. The number of hydrogen-bond donors (Lipinski definition) is 0. The van der Waals surface area contributed by atoms with Crippen molar-refractivity contribution in [3.8, 4) is 5.75 Å². The summed E-state index contributed by atoms with van der Waals surface area (Å²) in [5.41, 5.74) is 0.989. The highest BCUT2D eigenvalue weighted by molar-refractivity contribution is 5.96. The topological polar surface area (TPSA) is 83.2 Å². The molecule has 2 heterocycles. The minimum absolute atomic E-state index is 0.165. The first-order chi connectivity index (χ1) is 15.1. The number of hydrogen-bond acceptors (Lipinski definition) is 5. The van der Waals surface area contributed by atoms with E-state index in [1.54, 1.807) is 43.5 Å². The van der Waals surface area contributed by atoms with Gasteiger partial charge in [0, 0.05) is 18.3 Å². The Bertz CT molecular complexity index is 1340. The molecule has 0 saturated heterocycles. The van der Waals surface area contributed by atoms with E-state index < -0.39 is 11.2 Å². The average molecular weight is 415 g/mol. The van der Waals surface area contributed by atoms with E-state index in [1.807, 2.05) is 30.3 Å². The summed E-state index contributed by atoms with van der Waals surface area (Å²) in [5, 5.41) is 0. The van der Waals surface area contributed by atoms with Gasteiger partial charge in [-0.2, -0.15) is 0 Å². The number of aromatic nitrogens is 3. The standard InChI is InChI=1S/C24H21N3O4/c1-31-19-11-9-18(10-12-19)21(28)16-27-20-8-5-14-25-22(20)23(29)26(24(27)30)15-13-17-6-3-2-4-7-17/h2-12,14H,13,15-16H2,1H3. The van der Waals surface area contributed by atoms with E-state index in [9.17, 15) is 14.4 Å². The molecule has 156 valence electrons. The summed E-state index contributed by atoms with van der Waals surface area (Å²) in [5.74, 6) is 0.390. The third kappa shape index (κ3) is 4.16. The predicted octanol–water partition coefficient (Wildman–Crippen LogP) is 2.69. The van der Waals surface area contributed by atoms with Crippen LogP contribution in [0.15, 0.2) is 82.5 Å². The van der Waals surface area contributed by atoms with E-state index >= 15 is 0 Å². The number of carbonyl (C=O) groups is 1. The number of Topliss-reactive ketones (excluding diaryl/α,β-unsaturated/α-hetero) is 1. The normalized spacial score (nSPS) is 10.9. The van der Waals surface area contributed by atoms with Crippen LogP contribution in [0.3, 0.4) is 0 Å². The van der Waals surface area contributed by atoms with Gasteiger partial charge in [-0.05, 0) is 48.4 Å². The molecule has 4 aromatic rings. The molecule has 0 amide bonds. The molecular formula is C24H21N3O4. The fraction of sp³-hybridized carbons (Fsp3) is 0.167. The van der Waals surface area contributed by atoms with Crippen LogP contribution in [0.2, 0.25) is 0 Å². The highest BCUT2D eigenvalue weighted by atomic mass is 16.5. The Kier molecular flexibility index (Phi) is 5.75. The molecule has 0 aliphatic rings. The van der Waals surface area contributed by atoms with E-state index in [4.69, 9.17) is 4.74 Å². The minimum Gasteiger partial charge on any atom is -0.497 e. The number of pyridine rings is 1. The molecule has 0 radical (unpaired) electrons. The SMILES string of the molecule is COc1ccc(C(=O)Cn2c(=O)n(CCc3ccccc3)c(=O)c3ncccc32)cc1. The molecule has 0 bridgehead atoms. The van der Waals surface area contributed by atoms with Gasteiger partial charge in [0.15, 0.2) is 11.3 Å². The minimum atomic E-state index is -0.525. The summed E-state index contributed by atoms with van der Waals surface area (Å²) in [6, 6.07) is 19.6. The summed E-state index contributed by atoms with van der Waals surface area (Å²) in [7, 11) is 1.55. The number of carbonyl (C=O) groups excluding carboxylic acids is 1. The van der Waals surface area contributed by atoms with Gasteiger partial charge in [0.05, 0.1) is 19.2 Å². The third-order valence-corrected chi connectivity index (χ3v) is 5.17. The second kappa shape index (κ2) is 8.79. The molecule has 0 N–H and O–H groups in total. The van der Waals surface area contributed by atoms with Crippen LogP contribution < -0.4 is 16.0 Å². The highest BCUT2D eigenvalue weighted by Crippen LogP contribution is 2.13. The summed E-state index contributed by atoms with van der Waals surface area (Å²) in [4.78, 5) is 43.2. The van der Waals surface area contributed by atoms with Crippen LogP contribution in [-0.4, -0.2) is 27.0 Å². The maximum Gasteiger partial charge on any atom is 0.332 e. The average Bonchev–Trinajstić information content (AvgIpc) is 2.82. The Morgan fingerprint density at radius 3 is 2.39 bits per heavy atom. The van der Waals surface area contributed by atoms with Gasteiger partial charge < -0.3 is 4.74 Å². The zero-order chi connectivity index (χ0) is 21.8. The quantitative estimate of drug-likeness (QED) is 0.434. The molecule has 2 aromatic carbocycles. The zero-order valence-corrected chi connectivity index (χ0v) is 17.0. The van der Waals surface area contributed by atoms with Crippen molar-refractivity contribution in [1.29, 1.82) is 0 Å². The first kappa shape index (κ1) is 20.3. The first-order valence-corrected chi connectivity index (χ1v) is 9.88. The van der Waals surface area contributed by atoms with Crippen molar-refractivity contribution < 1.29 is 9.53 Å². The molecule has 7 heteroatoms. The van der Waals surface area contributed by atoms with Crippen molar-refractivity contribution in [1.82, 2.24) is 14.1 Å². The fourth-order valence-electron chi connectivity index (χ4n) is 3.49. The van der Waals surface area contributed by atoms with Crippen LogP contribution in [0, 0.1) is 0 Å². The van der Waals surface area contributed by atoms with Crippen molar-refractivity contribution in [2.75, 3.05) is 7.11 Å². The van der Waals surface area contributed by atoms with E-state index in [0.717, 1.165) is 10.1 Å². The number of methoxy groups -OCH3 is 1. The lowest BCUT2D eigenvalue weighted by Crippen LogP contribution is -2.41. The fourth-order valence-corrected chi connectivity index (χ4v) is 3.49. The lowest BCUT2D eigenvalue weighted by Gasteiger charge is -2.13. The maximum absolute atomic E-state index is 13.2. The van der Waals surface area contributed by atoms with Crippen LogP contribution in [0.4, 0.5) is 0 Å². The van der Waals surface area contributed by atoms with Crippen LogP contribution in [-0.2, 0) is 19.5 Å². The largest absolute Gasteiger partial charge is 0.497 e. The van der Waals surface area contributed by atoms with Gasteiger partial charge >= 0.3 is 5.69 Å². The Hall–Kier alpha value is -4.00. The Labute approximate surface area is 178 Å². The number of fused-ring (bicyclic) bond motifs is 1. The van der Waals surface area contributed by atoms with Crippen molar-refractivity contribution in [3.05, 3.63) is 105 Å². The van der Waals surface area contributed by atoms with Gasteiger partial charge in [0.1, 0.15) is 5.75 Å². The Morgan fingerprint density at radius 2 is 1.68 bits per heavy atom.